The molecule has 2 aromatic rings. The van der Waals surface area contributed by atoms with E-state index >= 15 is 0 Å². The highest BCUT2D eigenvalue weighted by molar-refractivity contribution is 7.90. The second-order valence-corrected chi connectivity index (χ2v) is 6.54. The molecule has 1 aliphatic heterocycles. The molecule has 0 aliphatic carbocycles. The minimum Gasteiger partial charge on any atom is -0.263 e. The lowest BCUT2D eigenvalue weighted by Crippen LogP contribution is -2.22. The summed E-state index contributed by atoms with van der Waals surface area (Å²) in [7, 11) is -3.46. The van der Waals surface area contributed by atoms with Crippen LogP contribution in [-0.4, -0.2) is 14.3 Å². The zero-order valence-electron chi connectivity index (χ0n) is 11.7. The molecule has 0 saturated carbocycles. The number of aryl methyl sites for hydroxylation is 1. The third-order valence-electron chi connectivity index (χ3n) is 3.57. The SMILES string of the molecule is CCc1ccccc1CN=C1NS(=O)(=O)c2ccccc21. The summed E-state index contributed by atoms with van der Waals surface area (Å²) < 4.78 is 26.5. The molecule has 0 unspecified atom stereocenters. The minimum atomic E-state index is -3.46. The van der Waals surface area contributed by atoms with Gasteiger partial charge in [-0.05, 0) is 29.7 Å². The Bertz CT molecular complexity index is 811. The maximum atomic E-state index is 12.0. The highest BCUT2D eigenvalue weighted by Crippen LogP contribution is 2.22. The van der Waals surface area contributed by atoms with Crippen LogP contribution in [0.15, 0.2) is 58.4 Å². The van der Waals surface area contributed by atoms with Gasteiger partial charge < -0.3 is 0 Å². The van der Waals surface area contributed by atoms with Gasteiger partial charge in [0.2, 0.25) is 0 Å². The molecule has 5 heteroatoms. The average Bonchev–Trinajstić information content (AvgIpc) is 2.77. The molecule has 1 N–H and O–H groups in total. The van der Waals surface area contributed by atoms with Gasteiger partial charge in [-0.2, -0.15) is 0 Å². The molecule has 1 heterocycles. The predicted octanol–water partition coefficient (Wildman–Crippen LogP) is 2.49. The number of hydrogen-bond acceptors (Lipinski definition) is 3. The third-order valence-corrected chi connectivity index (χ3v) is 4.97. The van der Waals surface area contributed by atoms with Crippen LogP contribution in [0.4, 0.5) is 0 Å². The summed E-state index contributed by atoms with van der Waals surface area (Å²) in [6, 6.07) is 15.0. The Morgan fingerprint density at radius 2 is 1.67 bits per heavy atom. The normalized spacial score (nSPS) is 17.5. The van der Waals surface area contributed by atoms with Crippen LogP contribution in [0.25, 0.3) is 0 Å². The number of rotatable bonds is 3. The fraction of sp³-hybridized carbons (Fsp3) is 0.188. The maximum Gasteiger partial charge on any atom is 0.263 e. The first-order valence-corrected chi connectivity index (χ1v) is 8.33. The summed E-state index contributed by atoms with van der Waals surface area (Å²) in [5, 5.41) is 0. The van der Waals surface area contributed by atoms with Crippen molar-refractivity contribution in [2.45, 2.75) is 24.8 Å². The van der Waals surface area contributed by atoms with Gasteiger partial charge >= 0.3 is 0 Å². The van der Waals surface area contributed by atoms with Crippen molar-refractivity contribution in [2.75, 3.05) is 0 Å². The smallest absolute Gasteiger partial charge is 0.263 e. The molecule has 0 spiro atoms. The van der Waals surface area contributed by atoms with Gasteiger partial charge in [0.25, 0.3) is 10.0 Å². The first-order valence-electron chi connectivity index (χ1n) is 6.85. The Morgan fingerprint density at radius 3 is 2.43 bits per heavy atom. The number of aliphatic imine (C=N–C) groups is 1. The van der Waals surface area contributed by atoms with E-state index in [0.29, 0.717) is 22.8 Å². The Labute approximate surface area is 124 Å². The third kappa shape index (κ3) is 2.56. The van der Waals surface area contributed by atoms with Crippen LogP contribution in [0.5, 0.6) is 0 Å². The molecule has 0 atom stereocenters. The largest absolute Gasteiger partial charge is 0.263 e. The molecule has 3 rings (SSSR count). The molecule has 4 nitrogen and oxygen atoms in total. The van der Waals surface area contributed by atoms with Gasteiger partial charge in [-0.25, -0.2) is 8.42 Å². The van der Waals surface area contributed by atoms with Crippen LogP contribution in [-0.2, 0) is 23.0 Å². The van der Waals surface area contributed by atoms with Gasteiger partial charge in [-0.1, -0.05) is 43.3 Å². The highest BCUT2D eigenvalue weighted by Gasteiger charge is 2.29. The van der Waals surface area contributed by atoms with E-state index in [1.165, 1.54) is 5.56 Å². The van der Waals surface area contributed by atoms with Crippen LogP contribution >= 0.6 is 0 Å². The van der Waals surface area contributed by atoms with Crippen LogP contribution < -0.4 is 4.72 Å². The predicted molar refractivity (Wildman–Crippen MR) is 82.8 cm³/mol. The molecule has 21 heavy (non-hydrogen) atoms. The highest BCUT2D eigenvalue weighted by atomic mass is 32.2. The molecular formula is C16H16N2O2S. The number of amidine groups is 1. The Balaban J connectivity index is 1.96. The van der Waals surface area contributed by atoms with Gasteiger partial charge in [0.1, 0.15) is 5.84 Å². The zero-order valence-corrected chi connectivity index (χ0v) is 12.5. The molecule has 0 saturated heterocycles. The lowest BCUT2D eigenvalue weighted by atomic mass is 10.1. The van der Waals surface area contributed by atoms with Crippen molar-refractivity contribution in [1.82, 2.24) is 4.72 Å². The summed E-state index contributed by atoms with van der Waals surface area (Å²) >= 11 is 0. The van der Waals surface area contributed by atoms with Gasteiger partial charge in [0.15, 0.2) is 0 Å². The van der Waals surface area contributed by atoms with Crippen molar-refractivity contribution < 1.29 is 8.42 Å². The second-order valence-electron chi connectivity index (χ2n) is 4.89. The number of nitrogens with one attached hydrogen (secondary N) is 1. The van der Waals surface area contributed by atoms with E-state index < -0.39 is 10.0 Å². The minimum absolute atomic E-state index is 0.299. The molecule has 0 aromatic heterocycles. The number of sulfonamides is 1. The number of fused-ring (bicyclic) bond motifs is 1. The standard InChI is InChI=1S/C16H16N2O2S/c1-2-12-7-3-4-8-13(12)11-17-16-14-9-5-6-10-15(14)21(19,20)18-16/h3-10H,2,11H2,1H3,(H,17,18). The van der Waals surface area contributed by atoms with Crippen molar-refractivity contribution in [2.24, 2.45) is 4.99 Å². The fourth-order valence-electron chi connectivity index (χ4n) is 2.47. The van der Waals surface area contributed by atoms with Crippen molar-refractivity contribution in [1.29, 1.82) is 0 Å². The maximum absolute atomic E-state index is 12.0. The molecule has 0 bridgehead atoms. The van der Waals surface area contributed by atoms with Crippen LogP contribution in [0.3, 0.4) is 0 Å². The van der Waals surface area contributed by atoms with E-state index in [4.69, 9.17) is 0 Å². The van der Waals surface area contributed by atoms with Crippen LogP contribution in [0.2, 0.25) is 0 Å². The molecule has 2 aromatic carbocycles. The number of nitrogens with zero attached hydrogens (tertiary/aromatic N) is 1. The molecule has 0 amide bonds. The number of hydrogen-bond donors (Lipinski definition) is 1. The second kappa shape index (κ2) is 5.33. The first kappa shape index (κ1) is 13.8. The Hall–Kier alpha value is -2.14. The van der Waals surface area contributed by atoms with Crippen LogP contribution in [0, 0.1) is 0 Å². The Kier molecular flexibility index (Phi) is 3.51. The van der Waals surface area contributed by atoms with E-state index in [1.54, 1.807) is 18.2 Å². The van der Waals surface area contributed by atoms with Gasteiger partial charge in [-0.3, -0.25) is 9.71 Å². The molecule has 0 radical (unpaired) electrons. The molecule has 1 aliphatic rings. The summed E-state index contributed by atoms with van der Waals surface area (Å²) in [6.07, 6.45) is 0.934. The van der Waals surface area contributed by atoms with Crippen molar-refractivity contribution in [3.8, 4) is 0 Å². The molecule has 0 fully saturated rings. The van der Waals surface area contributed by atoms with E-state index in [0.717, 1.165) is 12.0 Å². The summed E-state index contributed by atoms with van der Waals surface area (Å²) in [5.74, 6) is 0.427. The summed E-state index contributed by atoms with van der Waals surface area (Å²) in [6.45, 7) is 2.57. The zero-order chi connectivity index (χ0) is 14.9. The topological polar surface area (TPSA) is 58.5 Å². The molecule has 108 valence electrons. The fourth-order valence-corrected chi connectivity index (χ4v) is 3.72. The van der Waals surface area contributed by atoms with Crippen molar-refractivity contribution in [3.63, 3.8) is 0 Å². The summed E-state index contributed by atoms with van der Waals surface area (Å²) in [4.78, 5) is 4.76. The van der Waals surface area contributed by atoms with Gasteiger partial charge in [0.05, 0.1) is 11.4 Å². The average molecular weight is 300 g/mol. The summed E-state index contributed by atoms with van der Waals surface area (Å²) in [5.41, 5.74) is 3.00. The molecular weight excluding hydrogens is 284 g/mol. The van der Waals surface area contributed by atoms with E-state index in [1.807, 2.05) is 24.3 Å². The first-order chi connectivity index (χ1) is 10.1. The number of benzene rings is 2. The lowest BCUT2D eigenvalue weighted by molar-refractivity contribution is 0.595. The van der Waals surface area contributed by atoms with E-state index in [-0.39, 0.29) is 0 Å². The quantitative estimate of drug-likeness (QED) is 0.946. The van der Waals surface area contributed by atoms with Gasteiger partial charge in [-0.15, -0.1) is 0 Å². The van der Waals surface area contributed by atoms with E-state index in [2.05, 4.69) is 22.7 Å². The monoisotopic (exact) mass is 300 g/mol. The Morgan fingerprint density at radius 1 is 1.00 bits per heavy atom. The lowest BCUT2D eigenvalue weighted by Gasteiger charge is -2.05. The van der Waals surface area contributed by atoms with E-state index in [9.17, 15) is 8.42 Å². The van der Waals surface area contributed by atoms with Crippen molar-refractivity contribution in [3.05, 3.63) is 65.2 Å². The van der Waals surface area contributed by atoms with Crippen LogP contribution in [0.1, 0.15) is 23.6 Å². The van der Waals surface area contributed by atoms with Gasteiger partial charge in [0, 0.05) is 5.56 Å². The van der Waals surface area contributed by atoms with Crippen molar-refractivity contribution >= 4 is 15.9 Å².